The Balaban J connectivity index is 1.78. The van der Waals surface area contributed by atoms with Gasteiger partial charge in [0.1, 0.15) is 6.10 Å². The minimum Gasteiger partial charge on any atom is -0.459 e. The van der Waals surface area contributed by atoms with E-state index in [1.165, 1.54) is 6.08 Å². The van der Waals surface area contributed by atoms with Crippen LogP contribution in [0, 0.1) is 5.92 Å². The number of ether oxygens (including phenoxy) is 2. The Bertz CT molecular complexity index is 703. The van der Waals surface area contributed by atoms with Crippen LogP contribution < -0.4 is 5.32 Å². The monoisotopic (exact) mass is 421 g/mol. The number of carbonyl (C=O) groups is 2. The van der Waals surface area contributed by atoms with Gasteiger partial charge in [-0.25, -0.2) is 4.79 Å². The van der Waals surface area contributed by atoms with Crippen LogP contribution >= 0.6 is 11.8 Å². The van der Waals surface area contributed by atoms with Crippen molar-refractivity contribution in [3.05, 3.63) is 36.0 Å². The fraction of sp³-hybridized carbons (Fsp3) is 0.636. The van der Waals surface area contributed by atoms with Crippen molar-refractivity contribution < 1.29 is 24.2 Å². The summed E-state index contributed by atoms with van der Waals surface area (Å²) in [4.78, 5) is 24.0. The average molecular weight is 422 g/mol. The Kier molecular flexibility index (Phi) is 7.60. The molecule has 2 saturated heterocycles. The summed E-state index contributed by atoms with van der Waals surface area (Å²) in [6, 6.07) is -0.505. The zero-order valence-corrected chi connectivity index (χ0v) is 18.0. The average Bonchev–Trinajstić information content (AvgIpc) is 3.09. The van der Waals surface area contributed by atoms with Gasteiger partial charge in [0.05, 0.1) is 12.1 Å². The Morgan fingerprint density at radius 1 is 1.24 bits per heavy atom. The number of esters is 1. The number of fused-ring (bicyclic) bond motifs is 2. The molecule has 160 valence electrons. The second kappa shape index (κ2) is 9.96. The summed E-state index contributed by atoms with van der Waals surface area (Å²) >= 11 is 1.14. The topological polar surface area (TPSA) is 84.9 Å². The van der Waals surface area contributed by atoms with Crippen molar-refractivity contribution >= 4 is 23.0 Å². The number of hydrogen-bond donors (Lipinski definition) is 2. The van der Waals surface area contributed by atoms with E-state index < -0.39 is 17.9 Å². The van der Waals surface area contributed by atoms with E-state index in [9.17, 15) is 14.7 Å². The van der Waals surface area contributed by atoms with Crippen LogP contribution in [0.4, 0.5) is 4.79 Å². The van der Waals surface area contributed by atoms with E-state index in [2.05, 4.69) is 30.5 Å². The summed E-state index contributed by atoms with van der Waals surface area (Å²) < 4.78 is 11.8. The van der Waals surface area contributed by atoms with Crippen LogP contribution in [-0.4, -0.2) is 46.1 Å². The molecule has 0 aromatic heterocycles. The third-order valence-electron chi connectivity index (χ3n) is 5.62. The zero-order valence-electron chi connectivity index (χ0n) is 17.1. The van der Waals surface area contributed by atoms with E-state index in [0.717, 1.165) is 43.0 Å². The molecular weight excluding hydrogens is 390 g/mol. The predicted molar refractivity (Wildman–Crippen MR) is 113 cm³/mol. The summed E-state index contributed by atoms with van der Waals surface area (Å²) in [7, 11) is 0. The van der Waals surface area contributed by atoms with Crippen LogP contribution in [0.2, 0.25) is 0 Å². The van der Waals surface area contributed by atoms with Gasteiger partial charge in [-0.2, -0.15) is 0 Å². The first-order chi connectivity index (χ1) is 13.8. The lowest BCUT2D eigenvalue weighted by atomic mass is 9.90. The highest BCUT2D eigenvalue weighted by molar-refractivity contribution is 8.14. The van der Waals surface area contributed by atoms with Crippen molar-refractivity contribution in [1.82, 2.24) is 5.32 Å². The molecule has 29 heavy (non-hydrogen) atoms. The summed E-state index contributed by atoms with van der Waals surface area (Å²) in [5, 5.41) is 13.8. The standard InChI is InChI=1S/C22H31NO5S/c1-15-7-5-3-4-6-8-16(2)11-20(24)27-18-12-17(10-9-15)28-22(26,13-18)19-14-29-21(25)23-19/h3-5,7,11,15,17-19,26H,6,8-10,12-14H2,1-2H3,(H,23,25)/b4-3+,7-5+,16-11-/t15-,17-,18-,19+,22-/m1/s1. The number of amides is 1. The quantitative estimate of drug-likeness (QED) is 0.626. The highest BCUT2D eigenvalue weighted by atomic mass is 32.2. The van der Waals surface area contributed by atoms with Crippen molar-refractivity contribution in [1.29, 1.82) is 0 Å². The van der Waals surface area contributed by atoms with Gasteiger partial charge < -0.3 is 19.9 Å². The minimum absolute atomic E-state index is 0.159. The lowest BCUT2D eigenvalue weighted by Crippen LogP contribution is -2.58. The lowest BCUT2D eigenvalue weighted by Gasteiger charge is -2.43. The summed E-state index contributed by atoms with van der Waals surface area (Å²) in [6.45, 7) is 4.07. The van der Waals surface area contributed by atoms with Gasteiger partial charge in [-0.05, 0) is 38.5 Å². The van der Waals surface area contributed by atoms with E-state index in [1.54, 1.807) is 0 Å². The minimum atomic E-state index is -1.53. The van der Waals surface area contributed by atoms with Gasteiger partial charge in [0.25, 0.3) is 5.24 Å². The first-order valence-corrected chi connectivity index (χ1v) is 11.4. The lowest BCUT2D eigenvalue weighted by molar-refractivity contribution is -0.283. The second-order valence-corrected chi connectivity index (χ2v) is 9.27. The van der Waals surface area contributed by atoms with E-state index >= 15 is 0 Å². The molecule has 6 nitrogen and oxygen atoms in total. The van der Waals surface area contributed by atoms with Crippen LogP contribution in [0.15, 0.2) is 36.0 Å². The predicted octanol–water partition coefficient (Wildman–Crippen LogP) is 3.86. The highest BCUT2D eigenvalue weighted by Gasteiger charge is 2.49. The molecule has 3 rings (SSSR count). The third-order valence-corrected chi connectivity index (χ3v) is 6.50. The molecule has 1 amide bonds. The maximum absolute atomic E-state index is 12.4. The largest absolute Gasteiger partial charge is 0.459 e. The van der Waals surface area contributed by atoms with Crippen molar-refractivity contribution in [2.75, 3.05) is 5.75 Å². The molecule has 2 bridgehead atoms. The normalized spacial score (nSPS) is 41.0. The number of nitrogens with one attached hydrogen (secondary N) is 1. The van der Waals surface area contributed by atoms with Gasteiger partial charge in [-0.1, -0.05) is 48.6 Å². The van der Waals surface area contributed by atoms with Crippen LogP contribution in [0.3, 0.4) is 0 Å². The van der Waals surface area contributed by atoms with Crippen LogP contribution in [0.1, 0.15) is 52.4 Å². The van der Waals surface area contributed by atoms with Gasteiger partial charge in [0.2, 0.25) is 0 Å². The van der Waals surface area contributed by atoms with Crippen molar-refractivity contribution in [3.8, 4) is 0 Å². The summed E-state index contributed by atoms with van der Waals surface area (Å²) in [5.41, 5.74) is 0.961. The van der Waals surface area contributed by atoms with Crippen LogP contribution in [-0.2, 0) is 14.3 Å². The van der Waals surface area contributed by atoms with Gasteiger partial charge in [-0.15, -0.1) is 0 Å². The molecule has 3 aliphatic rings. The Labute approximate surface area is 176 Å². The smallest absolute Gasteiger partial charge is 0.330 e. The molecule has 3 heterocycles. The molecule has 0 aliphatic carbocycles. The van der Waals surface area contributed by atoms with E-state index in [1.807, 2.05) is 13.0 Å². The van der Waals surface area contributed by atoms with Crippen molar-refractivity contribution in [2.24, 2.45) is 5.92 Å². The molecule has 0 aromatic carbocycles. The van der Waals surface area contributed by atoms with Gasteiger partial charge in [0.15, 0.2) is 5.79 Å². The maximum atomic E-state index is 12.4. The van der Waals surface area contributed by atoms with Crippen LogP contribution in [0.25, 0.3) is 0 Å². The fourth-order valence-electron chi connectivity index (χ4n) is 3.96. The first kappa shape index (κ1) is 22.1. The number of aliphatic hydroxyl groups is 1. The Morgan fingerprint density at radius 2 is 2.07 bits per heavy atom. The zero-order chi connectivity index (χ0) is 20.9. The molecule has 2 N–H and O–H groups in total. The third kappa shape index (κ3) is 6.46. The van der Waals surface area contributed by atoms with Crippen molar-refractivity contribution in [3.63, 3.8) is 0 Å². The maximum Gasteiger partial charge on any atom is 0.330 e. The molecule has 7 heteroatoms. The Morgan fingerprint density at radius 3 is 2.83 bits per heavy atom. The molecule has 0 unspecified atom stereocenters. The molecule has 2 fully saturated rings. The highest BCUT2D eigenvalue weighted by Crippen LogP contribution is 2.36. The second-order valence-electron chi connectivity index (χ2n) is 8.28. The molecule has 0 spiro atoms. The molecule has 3 aliphatic heterocycles. The number of hydrogen-bond acceptors (Lipinski definition) is 6. The fourth-order valence-corrected chi connectivity index (χ4v) is 4.85. The number of rotatable bonds is 1. The van der Waals surface area contributed by atoms with Gasteiger partial charge in [0, 0.05) is 24.7 Å². The molecule has 0 aromatic rings. The first-order valence-electron chi connectivity index (χ1n) is 10.4. The number of allylic oxidation sites excluding steroid dienone is 5. The van der Waals surface area contributed by atoms with Crippen LogP contribution in [0.5, 0.6) is 0 Å². The Hall–Kier alpha value is -1.57. The number of thioether (sulfide) groups is 1. The van der Waals surface area contributed by atoms with Gasteiger partial charge >= 0.3 is 5.97 Å². The molecular formula is C22H31NO5S. The van der Waals surface area contributed by atoms with Crippen molar-refractivity contribution in [2.45, 2.75) is 76.4 Å². The summed E-state index contributed by atoms with van der Waals surface area (Å²) in [5.74, 6) is -1.10. The van der Waals surface area contributed by atoms with E-state index in [-0.39, 0.29) is 23.7 Å². The van der Waals surface area contributed by atoms with E-state index in [0.29, 0.717) is 18.1 Å². The number of carbonyl (C=O) groups excluding carboxylic acids is 2. The molecule has 0 saturated carbocycles. The molecule has 5 atom stereocenters. The van der Waals surface area contributed by atoms with Gasteiger partial charge in [-0.3, -0.25) is 4.79 Å². The van der Waals surface area contributed by atoms with E-state index in [4.69, 9.17) is 9.47 Å². The SMILES string of the molecule is C/C1=C/C(=O)O[C@@H]2C[C@@H](CC[C@H](C)/C=C/C=C/CC1)O[C@@](O)([C@@H]1CSC(=O)N1)C2. The summed E-state index contributed by atoms with van der Waals surface area (Å²) in [6.07, 6.45) is 13.2. The molecule has 0 radical (unpaired) electrons.